The molecule has 2 aromatic carbocycles. The summed E-state index contributed by atoms with van der Waals surface area (Å²) < 4.78 is 11.2. The zero-order valence-electron chi connectivity index (χ0n) is 17.1. The standard InChI is InChI=1S/C24H28N2O3/c1-18(2)9-15-28-22-6-3-19(4-7-22)24(27)26-13-11-25(12-14-26)21-5-8-23-20(17-21)10-16-29-23/h3-8,10,16-18H,9,11-15H2,1-2H3. The quantitative estimate of drug-likeness (QED) is 0.603. The molecule has 0 atom stereocenters. The van der Waals surface area contributed by atoms with E-state index in [1.807, 2.05) is 41.3 Å². The maximum atomic E-state index is 12.9. The van der Waals surface area contributed by atoms with Crippen molar-refractivity contribution < 1.29 is 13.9 Å². The summed E-state index contributed by atoms with van der Waals surface area (Å²) in [5.41, 5.74) is 2.79. The molecule has 0 unspecified atom stereocenters. The molecule has 29 heavy (non-hydrogen) atoms. The van der Waals surface area contributed by atoms with Crippen LogP contribution in [0.1, 0.15) is 30.6 Å². The summed E-state index contributed by atoms with van der Waals surface area (Å²) in [7, 11) is 0. The molecule has 5 heteroatoms. The van der Waals surface area contributed by atoms with E-state index in [1.165, 1.54) is 5.69 Å². The van der Waals surface area contributed by atoms with Crippen LogP contribution in [-0.2, 0) is 0 Å². The van der Waals surface area contributed by atoms with Crippen molar-refractivity contribution in [2.24, 2.45) is 5.92 Å². The number of piperazine rings is 1. The molecule has 0 N–H and O–H groups in total. The monoisotopic (exact) mass is 392 g/mol. The highest BCUT2D eigenvalue weighted by atomic mass is 16.5. The summed E-state index contributed by atoms with van der Waals surface area (Å²) in [6.07, 6.45) is 2.74. The van der Waals surface area contributed by atoms with Gasteiger partial charge in [-0.15, -0.1) is 0 Å². The predicted octanol–water partition coefficient (Wildman–Crippen LogP) is 4.82. The summed E-state index contributed by atoms with van der Waals surface area (Å²) in [5.74, 6) is 1.53. The lowest BCUT2D eigenvalue weighted by Gasteiger charge is -2.36. The molecule has 1 aliphatic heterocycles. The Morgan fingerprint density at radius 3 is 2.52 bits per heavy atom. The smallest absolute Gasteiger partial charge is 0.253 e. The summed E-state index contributed by atoms with van der Waals surface area (Å²) in [4.78, 5) is 17.1. The fraction of sp³-hybridized carbons (Fsp3) is 0.375. The van der Waals surface area contributed by atoms with E-state index in [-0.39, 0.29) is 5.91 Å². The van der Waals surface area contributed by atoms with Gasteiger partial charge in [-0.1, -0.05) is 13.8 Å². The Balaban J connectivity index is 1.32. The second-order valence-electron chi connectivity index (χ2n) is 7.98. The SMILES string of the molecule is CC(C)CCOc1ccc(C(=O)N2CCN(c3ccc4occc4c3)CC2)cc1. The lowest BCUT2D eigenvalue weighted by Crippen LogP contribution is -2.48. The van der Waals surface area contributed by atoms with E-state index in [2.05, 4.69) is 30.9 Å². The number of carbonyl (C=O) groups is 1. The Morgan fingerprint density at radius 1 is 1.03 bits per heavy atom. The first-order valence-electron chi connectivity index (χ1n) is 10.3. The van der Waals surface area contributed by atoms with Crippen molar-refractivity contribution in [1.82, 2.24) is 4.90 Å². The molecule has 1 saturated heterocycles. The minimum atomic E-state index is 0.0867. The van der Waals surface area contributed by atoms with Crippen LogP contribution in [0.2, 0.25) is 0 Å². The Bertz CT molecular complexity index is 954. The van der Waals surface area contributed by atoms with E-state index in [1.54, 1.807) is 6.26 Å². The second kappa shape index (κ2) is 8.60. The molecule has 0 bridgehead atoms. The number of furan rings is 1. The molecule has 3 aromatic rings. The summed E-state index contributed by atoms with van der Waals surface area (Å²) in [5, 5.41) is 1.11. The maximum Gasteiger partial charge on any atom is 0.253 e. The zero-order valence-corrected chi connectivity index (χ0v) is 17.1. The van der Waals surface area contributed by atoms with Crippen molar-refractivity contribution in [3.05, 3.63) is 60.4 Å². The van der Waals surface area contributed by atoms with Crippen LogP contribution in [0, 0.1) is 5.92 Å². The fourth-order valence-electron chi connectivity index (χ4n) is 3.61. The van der Waals surface area contributed by atoms with Crippen LogP contribution in [0.3, 0.4) is 0 Å². The van der Waals surface area contributed by atoms with Crippen LogP contribution in [0.4, 0.5) is 5.69 Å². The molecule has 0 saturated carbocycles. The van der Waals surface area contributed by atoms with Crippen LogP contribution in [0.15, 0.2) is 59.2 Å². The number of anilines is 1. The number of ether oxygens (including phenoxy) is 1. The molecule has 152 valence electrons. The summed E-state index contributed by atoms with van der Waals surface area (Å²) in [6.45, 7) is 8.15. The van der Waals surface area contributed by atoms with E-state index < -0.39 is 0 Å². The summed E-state index contributed by atoms with van der Waals surface area (Å²) >= 11 is 0. The van der Waals surface area contributed by atoms with Crippen molar-refractivity contribution >= 4 is 22.6 Å². The molecule has 1 amide bonds. The van der Waals surface area contributed by atoms with Gasteiger partial charge in [0.1, 0.15) is 11.3 Å². The van der Waals surface area contributed by atoms with Gasteiger partial charge in [0, 0.05) is 42.8 Å². The summed E-state index contributed by atoms with van der Waals surface area (Å²) in [6, 6.07) is 15.7. The largest absolute Gasteiger partial charge is 0.494 e. The van der Waals surface area contributed by atoms with Crippen LogP contribution in [0.25, 0.3) is 11.0 Å². The maximum absolute atomic E-state index is 12.9. The van der Waals surface area contributed by atoms with Crippen molar-refractivity contribution in [2.45, 2.75) is 20.3 Å². The normalized spacial score (nSPS) is 14.6. The van der Waals surface area contributed by atoms with E-state index in [9.17, 15) is 4.79 Å². The average Bonchev–Trinajstić information content (AvgIpc) is 3.21. The van der Waals surface area contributed by atoms with E-state index in [0.717, 1.165) is 54.9 Å². The number of benzene rings is 2. The number of rotatable bonds is 6. The van der Waals surface area contributed by atoms with Gasteiger partial charge in [0.15, 0.2) is 0 Å². The first kappa shape index (κ1) is 19.4. The molecule has 1 aliphatic rings. The third kappa shape index (κ3) is 4.56. The first-order valence-corrected chi connectivity index (χ1v) is 10.3. The lowest BCUT2D eigenvalue weighted by molar-refractivity contribution is 0.0746. The number of hydrogen-bond acceptors (Lipinski definition) is 4. The van der Waals surface area contributed by atoms with E-state index >= 15 is 0 Å². The molecule has 1 fully saturated rings. The van der Waals surface area contributed by atoms with E-state index in [0.29, 0.717) is 12.5 Å². The predicted molar refractivity (Wildman–Crippen MR) is 116 cm³/mol. The van der Waals surface area contributed by atoms with Crippen LogP contribution < -0.4 is 9.64 Å². The van der Waals surface area contributed by atoms with Gasteiger partial charge >= 0.3 is 0 Å². The second-order valence-corrected chi connectivity index (χ2v) is 7.98. The van der Waals surface area contributed by atoms with Gasteiger partial charge in [0.2, 0.25) is 0 Å². The minimum absolute atomic E-state index is 0.0867. The van der Waals surface area contributed by atoms with Gasteiger partial charge < -0.3 is 19.0 Å². The van der Waals surface area contributed by atoms with Gasteiger partial charge in [-0.3, -0.25) is 4.79 Å². The van der Waals surface area contributed by atoms with Crippen LogP contribution in [-0.4, -0.2) is 43.6 Å². The molecular weight excluding hydrogens is 364 g/mol. The van der Waals surface area contributed by atoms with Gasteiger partial charge in [-0.2, -0.15) is 0 Å². The highest BCUT2D eigenvalue weighted by molar-refractivity contribution is 5.94. The lowest BCUT2D eigenvalue weighted by atomic mass is 10.1. The first-order chi connectivity index (χ1) is 14.1. The topological polar surface area (TPSA) is 45.9 Å². The third-order valence-electron chi connectivity index (χ3n) is 5.43. The molecule has 0 spiro atoms. The Morgan fingerprint density at radius 2 is 1.79 bits per heavy atom. The molecule has 0 aliphatic carbocycles. The number of amides is 1. The number of hydrogen-bond donors (Lipinski definition) is 0. The Labute approximate surface area is 171 Å². The van der Waals surface area contributed by atoms with Crippen molar-refractivity contribution in [3.8, 4) is 5.75 Å². The molecule has 0 radical (unpaired) electrons. The fourth-order valence-corrected chi connectivity index (χ4v) is 3.61. The number of carbonyl (C=O) groups excluding carboxylic acids is 1. The Kier molecular flexibility index (Phi) is 5.74. The zero-order chi connectivity index (χ0) is 20.2. The third-order valence-corrected chi connectivity index (χ3v) is 5.43. The molecular formula is C24H28N2O3. The van der Waals surface area contributed by atoms with Crippen molar-refractivity contribution in [3.63, 3.8) is 0 Å². The number of nitrogens with zero attached hydrogens (tertiary/aromatic N) is 2. The van der Waals surface area contributed by atoms with Crippen LogP contribution >= 0.6 is 0 Å². The van der Waals surface area contributed by atoms with E-state index in [4.69, 9.17) is 9.15 Å². The Hall–Kier alpha value is -2.95. The van der Waals surface area contributed by atoms with Gasteiger partial charge in [-0.05, 0) is 60.9 Å². The average molecular weight is 392 g/mol. The highest BCUT2D eigenvalue weighted by Crippen LogP contribution is 2.24. The van der Waals surface area contributed by atoms with Gasteiger partial charge in [0.25, 0.3) is 5.91 Å². The van der Waals surface area contributed by atoms with Gasteiger partial charge in [-0.25, -0.2) is 0 Å². The van der Waals surface area contributed by atoms with Gasteiger partial charge in [0.05, 0.1) is 12.9 Å². The van der Waals surface area contributed by atoms with Crippen molar-refractivity contribution in [1.29, 1.82) is 0 Å². The highest BCUT2D eigenvalue weighted by Gasteiger charge is 2.22. The molecule has 1 aromatic heterocycles. The molecule has 5 nitrogen and oxygen atoms in total. The number of fused-ring (bicyclic) bond motifs is 1. The van der Waals surface area contributed by atoms with Crippen molar-refractivity contribution in [2.75, 3.05) is 37.7 Å². The van der Waals surface area contributed by atoms with Crippen LogP contribution in [0.5, 0.6) is 5.75 Å². The molecule has 4 rings (SSSR count). The minimum Gasteiger partial charge on any atom is -0.494 e. The molecule has 2 heterocycles.